The Morgan fingerprint density at radius 3 is 2.42 bits per heavy atom. The molecule has 0 aliphatic heterocycles. The van der Waals surface area contributed by atoms with E-state index in [1.54, 1.807) is 0 Å². The van der Waals surface area contributed by atoms with E-state index in [-0.39, 0.29) is 0 Å². The second-order valence-corrected chi connectivity index (χ2v) is 4.99. The van der Waals surface area contributed by atoms with Crippen molar-refractivity contribution >= 4 is 28.9 Å². The third-order valence-corrected chi connectivity index (χ3v) is 3.03. The van der Waals surface area contributed by atoms with E-state index in [2.05, 4.69) is 5.32 Å². The van der Waals surface area contributed by atoms with Crippen molar-refractivity contribution in [1.82, 2.24) is 0 Å². The fourth-order valence-corrected chi connectivity index (χ4v) is 2.09. The van der Waals surface area contributed by atoms with Gasteiger partial charge in [0.25, 0.3) is 0 Å². The van der Waals surface area contributed by atoms with Gasteiger partial charge in [-0.3, -0.25) is 0 Å². The molecular weight excluding hydrogens is 281 g/mol. The second-order valence-electron chi connectivity index (χ2n) is 4.12. The van der Waals surface area contributed by atoms with Gasteiger partial charge in [-0.1, -0.05) is 41.4 Å². The average molecular weight is 296 g/mol. The first-order valence-corrected chi connectivity index (χ1v) is 6.81. The number of anilines is 1. The van der Waals surface area contributed by atoms with Crippen LogP contribution in [-0.4, -0.2) is 13.2 Å². The number of ether oxygens (including phenoxy) is 1. The molecule has 0 aliphatic carbocycles. The molecule has 2 rings (SSSR count). The summed E-state index contributed by atoms with van der Waals surface area (Å²) < 4.78 is 5.57. The minimum Gasteiger partial charge on any atom is -0.383 e. The van der Waals surface area contributed by atoms with E-state index in [9.17, 15) is 0 Å². The van der Waals surface area contributed by atoms with Crippen LogP contribution in [0.5, 0.6) is 0 Å². The van der Waals surface area contributed by atoms with Gasteiger partial charge in [-0.2, -0.15) is 0 Å². The molecule has 2 aromatic carbocycles. The Morgan fingerprint density at radius 2 is 1.68 bits per heavy atom. The molecule has 0 heterocycles. The summed E-state index contributed by atoms with van der Waals surface area (Å²) in [5.74, 6) is 0. The fraction of sp³-hybridized carbons (Fsp3) is 0.200. The van der Waals surface area contributed by atoms with Crippen LogP contribution in [0.3, 0.4) is 0 Å². The highest BCUT2D eigenvalue weighted by atomic mass is 35.5. The SMILES string of the molecule is Clc1cccc(COCCNc2cccc(Cl)c2)c1. The lowest BCUT2D eigenvalue weighted by atomic mass is 10.2. The van der Waals surface area contributed by atoms with Crippen LogP contribution in [0.4, 0.5) is 5.69 Å². The molecule has 0 bridgehead atoms. The van der Waals surface area contributed by atoms with Gasteiger partial charge in [-0.05, 0) is 35.9 Å². The topological polar surface area (TPSA) is 21.3 Å². The van der Waals surface area contributed by atoms with Crippen molar-refractivity contribution in [2.24, 2.45) is 0 Å². The number of nitrogens with one attached hydrogen (secondary N) is 1. The molecule has 0 aromatic heterocycles. The highest BCUT2D eigenvalue weighted by Crippen LogP contribution is 2.14. The molecule has 0 aliphatic rings. The average Bonchev–Trinajstić information content (AvgIpc) is 2.38. The van der Waals surface area contributed by atoms with Crippen LogP contribution in [0, 0.1) is 0 Å². The number of hydrogen-bond acceptors (Lipinski definition) is 2. The molecule has 0 atom stereocenters. The lowest BCUT2D eigenvalue weighted by Crippen LogP contribution is -2.09. The Kier molecular flexibility index (Phi) is 5.52. The van der Waals surface area contributed by atoms with Gasteiger partial charge in [0.05, 0.1) is 13.2 Å². The molecule has 0 radical (unpaired) electrons. The van der Waals surface area contributed by atoms with Gasteiger partial charge in [0, 0.05) is 22.3 Å². The zero-order chi connectivity index (χ0) is 13.5. The first-order chi connectivity index (χ1) is 9.24. The van der Waals surface area contributed by atoms with Crippen molar-refractivity contribution in [1.29, 1.82) is 0 Å². The van der Waals surface area contributed by atoms with Crippen LogP contribution in [0.2, 0.25) is 10.0 Å². The van der Waals surface area contributed by atoms with Crippen LogP contribution in [0.1, 0.15) is 5.56 Å². The molecule has 2 aromatic rings. The summed E-state index contributed by atoms with van der Waals surface area (Å²) in [6, 6.07) is 15.3. The van der Waals surface area contributed by atoms with E-state index in [0.29, 0.717) is 13.2 Å². The summed E-state index contributed by atoms with van der Waals surface area (Å²) in [6.07, 6.45) is 0. The summed E-state index contributed by atoms with van der Waals surface area (Å²) in [5, 5.41) is 4.71. The smallest absolute Gasteiger partial charge is 0.0718 e. The Morgan fingerprint density at radius 1 is 0.947 bits per heavy atom. The standard InChI is InChI=1S/C15H15Cl2NO/c16-13-4-1-3-12(9-13)11-19-8-7-18-15-6-2-5-14(17)10-15/h1-6,9-10,18H,7-8,11H2. The minimum absolute atomic E-state index is 0.567. The Balaban J connectivity index is 1.67. The Labute approximate surface area is 123 Å². The summed E-state index contributed by atoms with van der Waals surface area (Å²) in [6.45, 7) is 1.93. The van der Waals surface area contributed by atoms with Gasteiger partial charge in [-0.15, -0.1) is 0 Å². The molecule has 0 spiro atoms. The van der Waals surface area contributed by atoms with Gasteiger partial charge in [0.2, 0.25) is 0 Å². The van der Waals surface area contributed by atoms with E-state index in [1.165, 1.54) is 0 Å². The zero-order valence-corrected chi connectivity index (χ0v) is 11.9. The second kappa shape index (κ2) is 7.39. The molecule has 4 heteroatoms. The molecule has 0 amide bonds. The Hall–Kier alpha value is -1.22. The third kappa shape index (κ3) is 5.11. The van der Waals surface area contributed by atoms with Gasteiger partial charge >= 0.3 is 0 Å². The van der Waals surface area contributed by atoms with Crippen molar-refractivity contribution in [3.05, 3.63) is 64.1 Å². The van der Waals surface area contributed by atoms with E-state index in [4.69, 9.17) is 27.9 Å². The first kappa shape index (κ1) is 14.2. The maximum atomic E-state index is 5.90. The van der Waals surface area contributed by atoms with Crippen LogP contribution in [-0.2, 0) is 11.3 Å². The fourth-order valence-electron chi connectivity index (χ4n) is 1.68. The zero-order valence-electron chi connectivity index (χ0n) is 10.4. The predicted octanol–water partition coefficient (Wildman–Crippen LogP) is 4.62. The monoisotopic (exact) mass is 295 g/mol. The molecule has 100 valence electrons. The van der Waals surface area contributed by atoms with E-state index in [0.717, 1.165) is 27.8 Å². The Bertz CT molecular complexity index is 484. The molecule has 0 saturated heterocycles. The normalized spacial score (nSPS) is 10.4. The number of hydrogen-bond donors (Lipinski definition) is 1. The highest BCUT2D eigenvalue weighted by molar-refractivity contribution is 6.31. The molecule has 2 nitrogen and oxygen atoms in total. The summed E-state index contributed by atoms with van der Waals surface area (Å²) in [4.78, 5) is 0. The number of rotatable bonds is 6. The quantitative estimate of drug-likeness (QED) is 0.785. The van der Waals surface area contributed by atoms with Crippen LogP contribution in [0.15, 0.2) is 48.5 Å². The lowest BCUT2D eigenvalue weighted by molar-refractivity contribution is 0.130. The van der Waals surface area contributed by atoms with Gasteiger partial charge in [0.15, 0.2) is 0 Å². The highest BCUT2D eigenvalue weighted by Gasteiger charge is 1.96. The van der Waals surface area contributed by atoms with Gasteiger partial charge in [0.1, 0.15) is 0 Å². The van der Waals surface area contributed by atoms with Gasteiger partial charge < -0.3 is 10.1 Å². The van der Waals surface area contributed by atoms with Crippen LogP contribution in [0.25, 0.3) is 0 Å². The van der Waals surface area contributed by atoms with Crippen LogP contribution < -0.4 is 5.32 Å². The molecule has 1 N–H and O–H groups in total. The van der Waals surface area contributed by atoms with Crippen molar-refractivity contribution in [2.45, 2.75) is 6.61 Å². The van der Waals surface area contributed by atoms with E-state index < -0.39 is 0 Å². The third-order valence-electron chi connectivity index (χ3n) is 2.56. The molecule has 0 fully saturated rings. The lowest BCUT2D eigenvalue weighted by Gasteiger charge is -2.08. The van der Waals surface area contributed by atoms with E-state index in [1.807, 2.05) is 48.5 Å². The maximum absolute atomic E-state index is 5.90. The predicted molar refractivity (Wildman–Crippen MR) is 81.0 cm³/mol. The molecule has 0 unspecified atom stereocenters. The largest absolute Gasteiger partial charge is 0.383 e. The van der Waals surface area contributed by atoms with E-state index >= 15 is 0 Å². The molecule has 19 heavy (non-hydrogen) atoms. The van der Waals surface area contributed by atoms with Crippen molar-refractivity contribution < 1.29 is 4.74 Å². The summed E-state index contributed by atoms with van der Waals surface area (Å²) >= 11 is 11.8. The van der Waals surface area contributed by atoms with Crippen molar-refractivity contribution in [3.8, 4) is 0 Å². The molecular formula is C15H15Cl2NO. The first-order valence-electron chi connectivity index (χ1n) is 6.06. The summed E-state index contributed by atoms with van der Waals surface area (Å²) in [7, 11) is 0. The molecule has 0 saturated carbocycles. The maximum Gasteiger partial charge on any atom is 0.0718 e. The number of halogens is 2. The minimum atomic E-state index is 0.567. The number of benzene rings is 2. The van der Waals surface area contributed by atoms with Crippen molar-refractivity contribution in [2.75, 3.05) is 18.5 Å². The van der Waals surface area contributed by atoms with Gasteiger partial charge in [-0.25, -0.2) is 0 Å². The van der Waals surface area contributed by atoms with Crippen molar-refractivity contribution in [3.63, 3.8) is 0 Å². The summed E-state index contributed by atoms with van der Waals surface area (Å²) in [5.41, 5.74) is 2.08. The van der Waals surface area contributed by atoms with Crippen LogP contribution >= 0.6 is 23.2 Å².